The van der Waals surface area contributed by atoms with Gasteiger partial charge in [0.2, 0.25) is 5.88 Å². The van der Waals surface area contributed by atoms with Crippen LogP contribution in [0.4, 0.5) is 5.82 Å². The minimum absolute atomic E-state index is 0.159. The molecule has 0 radical (unpaired) electrons. The molecule has 1 saturated heterocycles. The highest BCUT2D eigenvalue weighted by Gasteiger charge is 2.23. The molecule has 118 valence electrons. The summed E-state index contributed by atoms with van der Waals surface area (Å²) < 4.78 is 7.74. The smallest absolute Gasteiger partial charge is 0.217 e. The number of aromatic nitrogens is 4. The van der Waals surface area contributed by atoms with Crippen LogP contribution in [0.25, 0.3) is 5.65 Å². The van der Waals surface area contributed by atoms with Crippen molar-refractivity contribution in [2.75, 3.05) is 18.0 Å². The van der Waals surface area contributed by atoms with Gasteiger partial charge in [-0.15, -0.1) is 0 Å². The van der Waals surface area contributed by atoms with E-state index in [0.29, 0.717) is 10.9 Å². The average Bonchev–Trinajstić information content (AvgIpc) is 3.04. The van der Waals surface area contributed by atoms with Crippen LogP contribution in [0, 0.1) is 0 Å². The third-order valence-corrected chi connectivity index (χ3v) is 4.30. The Bertz CT molecular complexity index is 813. The van der Waals surface area contributed by atoms with Crippen LogP contribution in [0.5, 0.6) is 5.88 Å². The zero-order valence-electron chi connectivity index (χ0n) is 12.5. The lowest BCUT2D eigenvalue weighted by Gasteiger charge is -2.33. The number of pyridine rings is 1. The first kappa shape index (κ1) is 14.3. The molecule has 0 amide bonds. The average molecular weight is 330 g/mol. The molecule has 4 heterocycles. The van der Waals surface area contributed by atoms with Crippen LogP contribution < -0.4 is 9.64 Å². The summed E-state index contributed by atoms with van der Waals surface area (Å²) in [5.41, 5.74) is 0.792. The van der Waals surface area contributed by atoms with E-state index >= 15 is 0 Å². The molecular weight excluding hydrogens is 314 g/mol. The van der Waals surface area contributed by atoms with Crippen LogP contribution in [0.1, 0.15) is 12.8 Å². The van der Waals surface area contributed by atoms with Crippen LogP contribution in [0.2, 0.25) is 5.02 Å². The van der Waals surface area contributed by atoms with E-state index in [1.807, 2.05) is 30.5 Å². The second-order valence-corrected chi connectivity index (χ2v) is 5.92. The maximum atomic E-state index is 6.21. The van der Waals surface area contributed by atoms with E-state index in [9.17, 15) is 0 Å². The lowest BCUT2D eigenvalue weighted by atomic mass is 10.1. The predicted molar refractivity (Wildman–Crippen MR) is 88.1 cm³/mol. The minimum atomic E-state index is 0.159. The summed E-state index contributed by atoms with van der Waals surface area (Å²) in [6.45, 7) is 1.74. The number of piperidine rings is 1. The third kappa shape index (κ3) is 2.94. The van der Waals surface area contributed by atoms with Gasteiger partial charge in [-0.3, -0.25) is 0 Å². The van der Waals surface area contributed by atoms with Crippen molar-refractivity contribution in [3.05, 3.63) is 47.9 Å². The Morgan fingerprint density at radius 3 is 2.83 bits per heavy atom. The number of nitrogens with zero attached hydrogens (tertiary/aromatic N) is 5. The number of hydrogen-bond acceptors (Lipinski definition) is 5. The summed E-state index contributed by atoms with van der Waals surface area (Å²) in [6.07, 6.45) is 7.35. The van der Waals surface area contributed by atoms with Gasteiger partial charge in [0, 0.05) is 50.5 Å². The van der Waals surface area contributed by atoms with E-state index < -0.39 is 0 Å². The molecule has 0 aromatic carbocycles. The van der Waals surface area contributed by atoms with Crippen molar-refractivity contribution in [1.29, 1.82) is 0 Å². The molecular formula is C16H16ClN5O. The monoisotopic (exact) mass is 329 g/mol. The molecule has 1 aliphatic rings. The molecule has 0 N–H and O–H groups in total. The molecule has 0 unspecified atom stereocenters. The molecule has 6 nitrogen and oxygen atoms in total. The quantitative estimate of drug-likeness (QED) is 0.739. The first-order valence-corrected chi connectivity index (χ1v) is 8.00. The first-order valence-electron chi connectivity index (χ1n) is 7.62. The number of fused-ring (bicyclic) bond motifs is 1. The summed E-state index contributed by atoms with van der Waals surface area (Å²) in [6, 6.07) is 7.43. The molecule has 0 atom stereocenters. The van der Waals surface area contributed by atoms with Crippen molar-refractivity contribution in [3.8, 4) is 5.88 Å². The lowest BCUT2D eigenvalue weighted by Crippen LogP contribution is -2.38. The molecule has 23 heavy (non-hydrogen) atoms. The molecule has 0 spiro atoms. The lowest BCUT2D eigenvalue weighted by molar-refractivity contribution is 0.164. The van der Waals surface area contributed by atoms with Gasteiger partial charge in [0.1, 0.15) is 11.9 Å². The van der Waals surface area contributed by atoms with Crippen molar-refractivity contribution in [1.82, 2.24) is 19.6 Å². The Morgan fingerprint density at radius 2 is 2.00 bits per heavy atom. The normalized spacial score (nSPS) is 16.0. The summed E-state index contributed by atoms with van der Waals surface area (Å²) in [4.78, 5) is 11.0. The van der Waals surface area contributed by atoms with Gasteiger partial charge in [-0.2, -0.15) is 10.1 Å². The highest BCUT2D eigenvalue weighted by Crippen LogP contribution is 2.26. The third-order valence-electron chi connectivity index (χ3n) is 4.00. The van der Waals surface area contributed by atoms with Crippen molar-refractivity contribution in [2.24, 2.45) is 0 Å². The second-order valence-electron chi connectivity index (χ2n) is 5.51. The molecule has 7 heteroatoms. The van der Waals surface area contributed by atoms with Crippen LogP contribution in [-0.4, -0.2) is 38.8 Å². The molecule has 0 bridgehead atoms. The summed E-state index contributed by atoms with van der Waals surface area (Å²) in [5, 5.41) is 4.83. The Hall–Kier alpha value is -2.34. The number of ether oxygens (including phenoxy) is 1. The van der Waals surface area contributed by atoms with Gasteiger partial charge in [0.25, 0.3) is 0 Å². The van der Waals surface area contributed by atoms with Crippen LogP contribution in [0.15, 0.2) is 42.9 Å². The number of hydrogen-bond donors (Lipinski definition) is 0. The van der Waals surface area contributed by atoms with Crippen molar-refractivity contribution < 1.29 is 4.74 Å². The van der Waals surface area contributed by atoms with Gasteiger partial charge in [-0.25, -0.2) is 9.50 Å². The Morgan fingerprint density at radius 1 is 1.13 bits per heavy atom. The van der Waals surface area contributed by atoms with Gasteiger partial charge in [-0.1, -0.05) is 11.6 Å². The number of anilines is 1. The van der Waals surface area contributed by atoms with Gasteiger partial charge < -0.3 is 9.64 Å². The molecule has 1 fully saturated rings. The van der Waals surface area contributed by atoms with Crippen LogP contribution in [-0.2, 0) is 0 Å². The van der Waals surface area contributed by atoms with E-state index in [1.165, 1.54) is 0 Å². The topological polar surface area (TPSA) is 55.6 Å². The van der Waals surface area contributed by atoms with E-state index in [4.69, 9.17) is 16.3 Å². The first-order chi connectivity index (χ1) is 11.3. The SMILES string of the molecule is Clc1cccnc1N1CCC(Oc2ccn3nccc3n2)CC1. The van der Waals surface area contributed by atoms with Crippen molar-refractivity contribution in [2.45, 2.75) is 18.9 Å². The maximum absolute atomic E-state index is 6.21. The van der Waals surface area contributed by atoms with Gasteiger partial charge >= 0.3 is 0 Å². The summed E-state index contributed by atoms with van der Waals surface area (Å²) in [7, 11) is 0. The fraction of sp³-hybridized carbons (Fsp3) is 0.312. The Kier molecular flexibility index (Phi) is 3.75. The Labute approximate surface area is 138 Å². The minimum Gasteiger partial charge on any atom is -0.474 e. The van der Waals surface area contributed by atoms with Crippen molar-refractivity contribution >= 4 is 23.1 Å². The van der Waals surface area contributed by atoms with Gasteiger partial charge in [-0.05, 0) is 12.1 Å². The zero-order valence-corrected chi connectivity index (χ0v) is 13.2. The largest absolute Gasteiger partial charge is 0.474 e. The molecule has 4 rings (SSSR count). The highest BCUT2D eigenvalue weighted by molar-refractivity contribution is 6.32. The van der Waals surface area contributed by atoms with E-state index in [0.717, 1.165) is 37.4 Å². The van der Waals surface area contributed by atoms with Crippen LogP contribution in [0.3, 0.4) is 0 Å². The van der Waals surface area contributed by atoms with Crippen LogP contribution >= 0.6 is 11.6 Å². The van der Waals surface area contributed by atoms with Gasteiger partial charge in [0.05, 0.1) is 11.2 Å². The van der Waals surface area contributed by atoms with Gasteiger partial charge in [0.15, 0.2) is 5.65 Å². The molecule has 0 aliphatic carbocycles. The summed E-state index contributed by atoms with van der Waals surface area (Å²) in [5.74, 6) is 1.50. The molecule has 3 aromatic heterocycles. The standard InChI is InChI=1S/C16H16ClN5O/c17-13-2-1-7-18-16(13)21-9-4-12(5-10-21)23-15-6-11-22-14(20-15)3-8-19-22/h1-3,6-8,11-12H,4-5,9-10H2. The molecule has 1 aliphatic heterocycles. The fourth-order valence-corrected chi connectivity index (χ4v) is 3.07. The van der Waals surface area contributed by atoms with Crippen molar-refractivity contribution in [3.63, 3.8) is 0 Å². The summed E-state index contributed by atoms with van der Waals surface area (Å²) >= 11 is 6.21. The molecule has 3 aromatic rings. The second kappa shape index (κ2) is 6.04. The highest BCUT2D eigenvalue weighted by atomic mass is 35.5. The zero-order chi connectivity index (χ0) is 15.6. The Balaban J connectivity index is 1.40. The number of halogens is 1. The van der Waals surface area contributed by atoms with E-state index in [2.05, 4.69) is 20.0 Å². The van der Waals surface area contributed by atoms with E-state index in [-0.39, 0.29) is 6.10 Å². The maximum Gasteiger partial charge on any atom is 0.217 e. The predicted octanol–water partition coefficient (Wildman–Crippen LogP) is 2.83. The number of rotatable bonds is 3. The van der Waals surface area contributed by atoms with E-state index in [1.54, 1.807) is 16.9 Å². The molecule has 0 saturated carbocycles. The fourth-order valence-electron chi connectivity index (χ4n) is 2.83.